The molecule has 4 nitrogen and oxygen atoms in total. The Balaban J connectivity index is 2.45. The molecule has 0 radical (unpaired) electrons. The lowest BCUT2D eigenvalue weighted by atomic mass is 10.1. The minimum Gasteiger partial charge on any atom is -0.374 e. The molecule has 2 rings (SSSR count). The van der Waals surface area contributed by atoms with Gasteiger partial charge < -0.3 is 10.1 Å². The van der Waals surface area contributed by atoms with Crippen LogP contribution in [0.15, 0.2) is 28.7 Å². The van der Waals surface area contributed by atoms with Gasteiger partial charge in [-0.05, 0) is 41.9 Å². The molecule has 0 aliphatic heterocycles. The number of halogens is 2. The topological polar surface area (TPSA) is 47.0 Å². The molecule has 2 aromatic rings. The zero-order chi connectivity index (χ0) is 15.2. The summed E-state index contributed by atoms with van der Waals surface area (Å²) in [6.45, 7) is 5.49. The van der Waals surface area contributed by atoms with Gasteiger partial charge in [-0.15, -0.1) is 0 Å². The van der Waals surface area contributed by atoms with Crippen LogP contribution in [0.4, 0.5) is 10.2 Å². The van der Waals surface area contributed by atoms with Crippen LogP contribution in [0.1, 0.15) is 19.7 Å². The zero-order valence-corrected chi connectivity index (χ0v) is 13.6. The molecule has 1 heterocycles. The first-order valence-corrected chi connectivity index (χ1v) is 7.59. The third-order valence-corrected chi connectivity index (χ3v) is 3.41. The Labute approximate surface area is 131 Å². The maximum atomic E-state index is 14.2. The van der Waals surface area contributed by atoms with Gasteiger partial charge in [0.15, 0.2) is 5.82 Å². The van der Waals surface area contributed by atoms with Crippen LogP contribution >= 0.6 is 15.9 Å². The van der Waals surface area contributed by atoms with Crippen LogP contribution in [0.3, 0.4) is 0 Å². The molecule has 21 heavy (non-hydrogen) atoms. The monoisotopic (exact) mass is 353 g/mol. The average Bonchev–Trinajstić information content (AvgIpc) is 2.48. The van der Waals surface area contributed by atoms with E-state index in [1.807, 2.05) is 13.8 Å². The number of hydrogen-bond acceptors (Lipinski definition) is 4. The summed E-state index contributed by atoms with van der Waals surface area (Å²) in [7, 11) is 0. The Morgan fingerprint density at radius 3 is 2.81 bits per heavy atom. The number of nitrogens with one attached hydrogen (secondary N) is 1. The highest BCUT2D eigenvalue weighted by molar-refractivity contribution is 9.10. The van der Waals surface area contributed by atoms with Crippen LogP contribution in [0.5, 0.6) is 0 Å². The van der Waals surface area contributed by atoms with Crippen molar-refractivity contribution in [2.45, 2.75) is 20.5 Å². The van der Waals surface area contributed by atoms with Gasteiger partial charge in [-0.3, -0.25) is 0 Å². The first kappa shape index (κ1) is 15.9. The van der Waals surface area contributed by atoms with Gasteiger partial charge in [0, 0.05) is 24.8 Å². The van der Waals surface area contributed by atoms with E-state index in [1.165, 1.54) is 0 Å². The second-order valence-corrected chi connectivity index (χ2v) is 5.18. The lowest BCUT2D eigenvalue weighted by Gasteiger charge is -2.10. The van der Waals surface area contributed by atoms with Crippen LogP contribution in [0.25, 0.3) is 11.3 Å². The van der Waals surface area contributed by atoms with Gasteiger partial charge in [0.1, 0.15) is 18.2 Å². The predicted octanol–water partition coefficient (Wildman–Crippen LogP) is 4.01. The highest BCUT2D eigenvalue weighted by Crippen LogP contribution is 2.27. The van der Waals surface area contributed by atoms with E-state index in [-0.39, 0.29) is 5.82 Å². The standard InChI is InChI=1S/C15H17BrFN3O/c1-3-18-13-8-12(19-14(20-13)9-21-4-2)10-6-5-7-11(16)15(10)17/h5-8H,3-4,9H2,1-2H3,(H,18,19,20). The normalized spacial score (nSPS) is 10.7. The molecular formula is C15H17BrFN3O. The van der Waals surface area contributed by atoms with Crippen LogP contribution in [-0.2, 0) is 11.3 Å². The molecule has 1 aromatic heterocycles. The summed E-state index contributed by atoms with van der Waals surface area (Å²) in [6.07, 6.45) is 0. The summed E-state index contributed by atoms with van der Waals surface area (Å²) in [5.41, 5.74) is 0.970. The number of nitrogens with zero attached hydrogens (tertiary/aromatic N) is 2. The molecule has 0 fully saturated rings. The van der Waals surface area contributed by atoms with E-state index in [0.29, 0.717) is 40.6 Å². The van der Waals surface area contributed by atoms with E-state index in [4.69, 9.17) is 4.74 Å². The second kappa shape index (κ2) is 7.47. The first-order chi connectivity index (χ1) is 10.2. The molecule has 1 aromatic carbocycles. The Hall–Kier alpha value is -1.53. The minimum atomic E-state index is -0.332. The van der Waals surface area contributed by atoms with Crippen molar-refractivity contribution >= 4 is 21.7 Å². The van der Waals surface area contributed by atoms with Crippen molar-refractivity contribution in [3.63, 3.8) is 0 Å². The first-order valence-electron chi connectivity index (χ1n) is 6.79. The van der Waals surface area contributed by atoms with Crippen molar-refractivity contribution in [1.82, 2.24) is 9.97 Å². The van der Waals surface area contributed by atoms with Crippen molar-refractivity contribution in [2.75, 3.05) is 18.5 Å². The number of hydrogen-bond donors (Lipinski definition) is 1. The minimum absolute atomic E-state index is 0.304. The number of rotatable bonds is 6. The van der Waals surface area contributed by atoms with Crippen molar-refractivity contribution in [3.8, 4) is 11.3 Å². The van der Waals surface area contributed by atoms with E-state index in [1.54, 1.807) is 24.3 Å². The average molecular weight is 354 g/mol. The molecular weight excluding hydrogens is 337 g/mol. The molecule has 0 atom stereocenters. The van der Waals surface area contributed by atoms with Gasteiger partial charge in [-0.2, -0.15) is 0 Å². The zero-order valence-electron chi connectivity index (χ0n) is 12.0. The maximum Gasteiger partial charge on any atom is 0.157 e. The number of ether oxygens (including phenoxy) is 1. The Morgan fingerprint density at radius 1 is 1.29 bits per heavy atom. The molecule has 112 valence electrons. The SMILES string of the molecule is CCNc1cc(-c2cccc(Br)c2F)nc(COCC)n1. The summed E-state index contributed by atoms with van der Waals surface area (Å²) >= 11 is 3.19. The Kier molecular flexibility index (Phi) is 5.64. The molecule has 0 aliphatic rings. The summed E-state index contributed by atoms with van der Waals surface area (Å²) in [6, 6.07) is 6.87. The van der Waals surface area contributed by atoms with Crippen LogP contribution in [0, 0.1) is 5.82 Å². The molecule has 6 heteroatoms. The molecule has 0 spiro atoms. The third kappa shape index (κ3) is 3.98. The summed E-state index contributed by atoms with van der Waals surface area (Å²) in [4.78, 5) is 8.75. The van der Waals surface area contributed by atoms with Crippen molar-refractivity contribution < 1.29 is 9.13 Å². The fourth-order valence-electron chi connectivity index (χ4n) is 1.87. The highest BCUT2D eigenvalue weighted by atomic mass is 79.9. The van der Waals surface area contributed by atoms with E-state index in [2.05, 4.69) is 31.2 Å². The largest absolute Gasteiger partial charge is 0.374 e. The molecule has 0 saturated heterocycles. The number of anilines is 1. The fraction of sp³-hybridized carbons (Fsp3) is 0.333. The van der Waals surface area contributed by atoms with E-state index in [9.17, 15) is 4.39 Å². The summed E-state index contributed by atoms with van der Waals surface area (Å²) in [5.74, 6) is 0.863. The highest BCUT2D eigenvalue weighted by Gasteiger charge is 2.12. The maximum absolute atomic E-state index is 14.2. The van der Waals surface area contributed by atoms with E-state index >= 15 is 0 Å². The van der Waals surface area contributed by atoms with Gasteiger partial charge in [0.25, 0.3) is 0 Å². The lowest BCUT2D eigenvalue weighted by Crippen LogP contribution is -2.06. The molecule has 0 amide bonds. The van der Waals surface area contributed by atoms with Crippen molar-refractivity contribution in [3.05, 3.63) is 40.4 Å². The molecule has 0 unspecified atom stereocenters. The van der Waals surface area contributed by atoms with Crippen molar-refractivity contribution in [2.24, 2.45) is 0 Å². The van der Waals surface area contributed by atoms with Gasteiger partial charge in [-0.1, -0.05) is 6.07 Å². The van der Waals surface area contributed by atoms with Gasteiger partial charge in [0.2, 0.25) is 0 Å². The van der Waals surface area contributed by atoms with E-state index < -0.39 is 0 Å². The summed E-state index contributed by atoms with van der Waals surface area (Å²) < 4.78 is 20.0. The van der Waals surface area contributed by atoms with Crippen molar-refractivity contribution in [1.29, 1.82) is 0 Å². The lowest BCUT2D eigenvalue weighted by molar-refractivity contribution is 0.128. The van der Waals surface area contributed by atoms with Gasteiger partial charge in [-0.25, -0.2) is 14.4 Å². The van der Waals surface area contributed by atoms with Crippen LogP contribution in [0.2, 0.25) is 0 Å². The summed E-state index contributed by atoms with van der Waals surface area (Å²) in [5, 5.41) is 3.13. The van der Waals surface area contributed by atoms with Crippen LogP contribution < -0.4 is 5.32 Å². The molecule has 1 N–H and O–H groups in total. The number of benzene rings is 1. The molecule has 0 bridgehead atoms. The van der Waals surface area contributed by atoms with Crippen LogP contribution in [-0.4, -0.2) is 23.1 Å². The third-order valence-electron chi connectivity index (χ3n) is 2.79. The quantitative estimate of drug-likeness (QED) is 0.851. The second-order valence-electron chi connectivity index (χ2n) is 4.32. The fourth-order valence-corrected chi connectivity index (χ4v) is 2.23. The van der Waals surface area contributed by atoms with E-state index in [0.717, 1.165) is 6.54 Å². The number of aromatic nitrogens is 2. The Morgan fingerprint density at radius 2 is 2.10 bits per heavy atom. The van der Waals surface area contributed by atoms with Gasteiger partial charge >= 0.3 is 0 Å². The predicted molar refractivity (Wildman–Crippen MR) is 84.6 cm³/mol. The Bertz CT molecular complexity index is 622. The molecule has 0 aliphatic carbocycles. The smallest absolute Gasteiger partial charge is 0.157 e. The van der Waals surface area contributed by atoms with Gasteiger partial charge in [0.05, 0.1) is 10.2 Å². The molecule has 0 saturated carbocycles.